The molecule has 0 bridgehead atoms. The summed E-state index contributed by atoms with van der Waals surface area (Å²) in [6.07, 6.45) is 1.69. The van der Waals surface area contributed by atoms with Gasteiger partial charge in [0.1, 0.15) is 16.4 Å². The van der Waals surface area contributed by atoms with Gasteiger partial charge < -0.3 is 18.7 Å². The Labute approximate surface area is 219 Å². The third kappa shape index (κ3) is 4.43. The molecule has 6 rings (SSSR count). The normalized spacial score (nSPS) is 16.6. The standard InChI is InChI=1S/C25H19ClN4O6S/c1-12(14-4-2-3-5-15(14)26)34-24(33)28-19-16(37-30-18(19)13-6-7-13)8-9-17-27-20-21(35-17)29-22(36-20)25(10-11-25)23(31)32/h2-5,12-13H,6-7,10-11H2,1H3,(H,28,33)(H,31,32). The zero-order chi connectivity index (χ0) is 25.7. The highest BCUT2D eigenvalue weighted by molar-refractivity contribution is 7.07. The van der Waals surface area contributed by atoms with Gasteiger partial charge in [-0.15, -0.1) is 0 Å². The van der Waals surface area contributed by atoms with Crippen molar-refractivity contribution in [2.75, 3.05) is 5.32 Å². The highest BCUT2D eigenvalue weighted by Gasteiger charge is 2.56. The molecule has 37 heavy (non-hydrogen) atoms. The van der Waals surface area contributed by atoms with Gasteiger partial charge in [0, 0.05) is 16.5 Å². The number of carboxylic acids is 1. The second kappa shape index (κ2) is 8.90. The maximum absolute atomic E-state index is 12.7. The first-order valence-electron chi connectivity index (χ1n) is 11.6. The van der Waals surface area contributed by atoms with Crippen LogP contribution in [0.2, 0.25) is 5.02 Å². The fourth-order valence-electron chi connectivity index (χ4n) is 3.96. The summed E-state index contributed by atoms with van der Waals surface area (Å²) in [7, 11) is 0. The van der Waals surface area contributed by atoms with E-state index < -0.39 is 23.6 Å². The summed E-state index contributed by atoms with van der Waals surface area (Å²) in [6.45, 7) is 1.74. The molecule has 4 aromatic rings. The molecule has 0 spiro atoms. The third-order valence-corrected chi connectivity index (χ3v) is 7.49. The molecule has 0 radical (unpaired) electrons. The molecule has 2 saturated carbocycles. The summed E-state index contributed by atoms with van der Waals surface area (Å²) in [4.78, 5) is 33.1. The largest absolute Gasteiger partial charge is 0.480 e. The highest BCUT2D eigenvalue weighted by Crippen LogP contribution is 2.48. The van der Waals surface area contributed by atoms with Crippen molar-refractivity contribution in [3.8, 4) is 11.8 Å². The Morgan fingerprint density at radius 1 is 1.22 bits per heavy atom. The zero-order valence-electron chi connectivity index (χ0n) is 19.4. The molecule has 1 amide bonds. The van der Waals surface area contributed by atoms with Crippen molar-refractivity contribution < 1.29 is 28.3 Å². The molecule has 3 aromatic heterocycles. The van der Waals surface area contributed by atoms with E-state index in [-0.39, 0.29) is 29.1 Å². The number of hydrogen-bond donors (Lipinski definition) is 2. The van der Waals surface area contributed by atoms with Crippen molar-refractivity contribution in [3.05, 3.63) is 57.2 Å². The number of aliphatic carboxylic acids is 1. The lowest BCUT2D eigenvalue weighted by Gasteiger charge is -2.15. The van der Waals surface area contributed by atoms with E-state index in [4.69, 9.17) is 25.2 Å². The van der Waals surface area contributed by atoms with E-state index in [2.05, 4.69) is 31.5 Å². The van der Waals surface area contributed by atoms with Crippen LogP contribution in [0.15, 0.2) is 33.1 Å². The third-order valence-electron chi connectivity index (χ3n) is 6.36. The quantitative estimate of drug-likeness (QED) is 0.299. The number of carbonyl (C=O) groups is 2. The summed E-state index contributed by atoms with van der Waals surface area (Å²) in [5.41, 5.74) is 1.06. The van der Waals surface area contributed by atoms with Gasteiger partial charge in [-0.3, -0.25) is 10.1 Å². The molecule has 1 unspecified atom stereocenters. The monoisotopic (exact) mass is 538 g/mol. The van der Waals surface area contributed by atoms with Crippen molar-refractivity contribution in [3.63, 3.8) is 0 Å². The first-order valence-corrected chi connectivity index (χ1v) is 12.7. The van der Waals surface area contributed by atoms with E-state index in [1.165, 1.54) is 0 Å². The number of rotatable bonds is 6. The van der Waals surface area contributed by atoms with Gasteiger partial charge in [-0.25, -0.2) is 4.79 Å². The van der Waals surface area contributed by atoms with Gasteiger partial charge in [0.15, 0.2) is 0 Å². The van der Waals surface area contributed by atoms with Crippen LogP contribution in [0.1, 0.15) is 72.5 Å². The fraction of sp³-hybridized carbons (Fsp3) is 0.320. The van der Waals surface area contributed by atoms with Crippen molar-refractivity contribution in [1.82, 2.24) is 14.3 Å². The summed E-state index contributed by atoms with van der Waals surface area (Å²) < 4.78 is 21.1. The summed E-state index contributed by atoms with van der Waals surface area (Å²) in [5.74, 6) is 5.19. The smallest absolute Gasteiger partial charge is 0.412 e. The van der Waals surface area contributed by atoms with E-state index in [0.717, 1.165) is 30.1 Å². The predicted molar refractivity (Wildman–Crippen MR) is 133 cm³/mol. The molecule has 188 valence electrons. The van der Waals surface area contributed by atoms with Crippen LogP contribution in [0.5, 0.6) is 0 Å². The molecular weight excluding hydrogens is 520 g/mol. The minimum atomic E-state index is -1.09. The van der Waals surface area contributed by atoms with Gasteiger partial charge in [0.05, 0.1) is 11.4 Å². The Bertz CT molecular complexity index is 1570. The van der Waals surface area contributed by atoms with Gasteiger partial charge in [0.25, 0.3) is 17.3 Å². The van der Waals surface area contributed by atoms with Crippen molar-refractivity contribution in [1.29, 1.82) is 0 Å². The number of benzene rings is 1. The van der Waals surface area contributed by atoms with Crippen molar-refractivity contribution in [2.24, 2.45) is 0 Å². The predicted octanol–water partition coefficient (Wildman–Crippen LogP) is 5.63. The molecule has 0 aliphatic heterocycles. The molecule has 2 N–H and O–H groups in total. The number of fused-ring (bicyclic) bond motifs is 1. The second-order valence-corrected chi connectivity index (χ2v) is 10.2. The Morgan fingerprint density at radius 2 is 1.97 bits per heavy atom. The van der Waals surface area contributed by atoms with Crippen LogP contribution in [-0.2, 0) is 14.9 Å². The average molecular weight is 539 g/mol. The van der Waals surface area contributed by atoms with Gasteiger partial charge in [-0.05, 0) is 62.0 Å². The number of halogens is 1. The first-order chi connectivity index (χ1) is 17.8. The SMILES string of the molecule is CC(OC(=O)Nc1c(C2CC2)nsc1C#Cc1nc2oc(C3(C(=O)O)CC3)nc2o1)c1ccccc1Cl. The van der Waals surface area contributed by atoms with Crippen LogP contribution in [0, 0.1) is 11.8 Å². The Morgan fingerprint density at radius 3 is 2.65 bits per heavy atom. The Hall–Kier alpha value is -3.88. The number of carbonyl (C=O) groups excluding carboxylic acids is 1. The van der Waals surface area contributed by atoms with Crippen LogP contribution in [0.3, 0.4) is 0 Å². The van der Waals surface area contributed by atoms with E-state index in [1.807, 2.05) is 12.1 Å². The van der Waals surface area contributed by atoms with Gasteiger partial charge in [-0.1, -0.05) is 29.8 Å². The lowest BCUT2D eigenvalue weighted by atomic mass is 10.1. The van der Waals surface area contributed by atoms with E-state index in [9.17, 15) is 14.7 Å². The molecular formula is C25H19ClN4O6S. The minimum Gasteiger partial charge on any atom is -0.480 e. The van der Waals surface area contributed by atoms with Crippen molar-refractivity contribution in [2.45, 2.75) is 50.0 Å². The topological polar surface area (TPSA) is 141 Å². The van der Waals surface area contributed by atoms with E-state index in [1.54, 1.807) is 19.1 Å². The van der Waals surface area contributed by atoms with E-state index in [0.29, 0.717) is 34.0 Å². The highest BCUT2D eigenvalue weighted by atomic mass is 35.5. The van der Waals surface area contributed by atoms with Gasteiger partial charge >= 0.3 is 12.1 Å². The van der Waals surface area contributed by atoms with Gasteiger partial charge in [0.2, 0.25) is 5.89 Å². The van der Waals surface area contributed by atoms with Gasteiger partial charge in [-0.2, -0.15) is 14.3 Å². The van der Waals surface area contributed by atoms with Crippen LogP contribution in [0.4, 0.5) is 10.5 Å². The molecule has 2 aliphatic rings. The number of aromatic nitrogens is 3. The number of amides is 1. The summed E-state index contributed by atoms with van der Waals surface area (Å²) in [6, 6.07) is 7.17. The number of hydrogen-bond acceptors (Lipinski definition) is 9. The van der Waals surface area contributed by atoms with Crippen LogP contribution in [0.25, 0.3) is 11.4 Å². The number of anilines is 1. The van der Waals surface area contributed by atoms with Crippen LogP contribution >= 0.6 is 23.1 Å². The molecule has 10 nitrogen and oxygen atoms in total. The van der Waals surface area contributed by atoms with Crippen LogP contribution in [-0.4, -0.2) is 31.5 Å². The maximum Gasteiger partial charge on any atom is 0.412 e. The molecule has 3 heterocycles. The second-order valence-electron chi connectivity index (χ2n) is 9.03. The molecule has 1 atom stereocenters. The Kier molecular flexibility index (Phi) is 5.66. The fourth-order valence-corrected chi connectivity index (χ4v) is 5.02. The average Bonchev–Trinajstić information content (AvgIpc) is 3.75. The van der Waals surface area contributed by atoms with Crippen LogP contribution < -0.4 is 5.32 Å². The number of carboxylic acid groups (broad SMARTS) is 1. The minimum absolute atomic E-state index is 0.0511. The number of oxazole rings is 2. The number of ether oxygens (including phenoxy) is 1. The zero-order valence-corrected chi connectivity index (χ0v) is 21.0. The molecule has 2 fully saturated rings. The van der Waals surface area contributed by atoms with Crippen molar-refractivity contribution >= 4 is 52.3 Å². The first kappa shape index (κ1) is 23.5. The lowest BCUT2D eigenvalue weighted by molar-refractivity contribution is -0.140. The molecule has 1 aromatic carbocycles. The summed E-state index contributed by atoms with van der Waals surface area (Å²) >= 11 is 7.38. The molecule has 12 heteroatoms. The maximum atomic E-state index is 12.7. The van der Waals surface area contributed by atoms with E-state index >= 15 is 0 Å². The molecule has 2 aliphatic carbocycles. The summed E-state index contributed by atoms with van der Waals surface area (Å²) in [5, 5.41) is 12.7. The number of nitrogens with one attached hydrogen (secondary N) is 1. The lowest BCUT2D eigenvalue weighted by Crippen LogP contribution is -2.19. The molecule has 0 saturated heterocycles. The Balaban J connectivity index is 1.21. The number of nitrogens with zero attached hydrogens (tertiary/aromatic N) is 3.